The van der Waals surface area contributed by atoms with Crippen molar-refractivity contribution < 1.29 is 14.3 Å². The molecule has 20 heavy (non-hydrogen) atoms. The lowest BCUT2D eigenvalue weighted by molar-refractivity contribution is -0.158. The summed E-state index contributed by atoms with van der Waals surface area (Å²) in [5, 5.41) is 0. The molecule has 1 aliphatic carbocycles. The van der Waals surface area contributed by atoms with E-state index in [0.29, 0.717) is 19.2 Å². The lowest BCUT2D eigenvalue weighted by Gasteiger charge is -2.34. The second-order valence-corrected chi connectivity index (χ2v) is 6.12. The molecule has 0 atom stereocenters. The summed E-state index contributed by atoms with van der Waals surface area (Å²) >= 11 is 0. The number of carbonyl (C=O) groups is 2. The van der Waals surface area contributed by atoms with Crippen molar-refractivity contribution >= 4 is 11.8 Å². The van der Waals surface area contributed by atoms with E-state index in [4.69, 9.17) is 4.74 Å². The summed E-state index contributed by atoms with van der Waals surface area (Å²) in [6, 6.07) is 0.496. The van der Waals surface area contributed by atoms with Crippen molar-refractivity contribution in [1.29, 1.82) is 0 Å². The van der Waals surface area contributed by atoms with Gasteiger partial charge in [-0.25, -0.2) is 0 Å². The Balaban J connectivity index is 2.63. The summed E-state index contributed by atoms with van der Waals surface area (Å²) in [6.45, 7) is 8.71. The molecule has 4 nitrogen and oxygen atoms in total. The minimum absolute atomic E-state index is 0.0385. The number of esters is 1. The van der Waals surface area contributed by atoms with Crippen LogP contribution in [0.25, 0.3) is 0 Å². The number of ether oxygens (including phenoxy) is 1. The van der Waals surface area contributed by atoms with Gasteiger partial charge < -0.3 is 4.74 Å². The zero-order valence-electron chi connectivity index (χ0n) is 13.4. The number of hydrogen-bond acceptors (Lipinski definition) is 4. The van der Waals surface area contributed by atoms with Crippen molar-refractivity contribution in [2.24, 2.45) is 5.41 Å². The predicted molar refractivity (Wildman–Crippen MR) is 79.5 cm³/mol. The van der Waals surface area contributed by atoms with Crippen molar-refractivity contribution in [2.45, 2.75) is 65.8 Å². The molecular weight excluding hydrogens is 254 g/mol. The first-order valence-electron chi connectivity index (χ1n) is 7.88. The first-order chi connectivity index (χ1) is 9.43. The number of likely N-dealkylation sites (N-methyl/N-ethyl adjacent to an activating group) is 1. The van der Waals surface area contributed by atoms with Gasteiger partial charge in [-0.15, -0.1) is 0 Å². The Bertz CT molecular complexity index is 333. The van der Waals surface area contributed by atoms with Gasteiger partial charge in [-0.3, -0.25) is 14.5 Å². The molecule has 0 amide bonds. The lowest BCUT2D eigenvalue weighted by atomic mass is 9.86. The summed E-state index contributed by atoms with van der Waals surface area (Å²) in [7, 11) is 0. The molecule has 1 rings (SSSR count). The molecule has 0 aromatic carbocycles. The number of ketones is 1. The highest BCUT2D eigenvalue weighted by Crippen LogP contribution is 2.25. The molecular formula is C16H29NO3. The topological polar surface area (TPSA) is 46.6 Å². The molecule has 1 fully saturated rings. The van der Waals surface area contributed by atoms with E-state index in [-0.39, 0.29) is 5.78 Å². The third-order valence-electron chi connectivity index (χ3n) is 4.33. The normalized spacial score (nSPS) is 17.2. The van der Waals surface area contributed by atoms with Crippen LogP contribution in [-0.4, -0.2) is 42.4 Å². The molecule has 0 unspecified atom stereocenters. The van der Waals surface area contributed by atoms with Gasteiger partial charge in [0.05, 0.1) is 13.2 Å². The zero-order valence-corrected chi connectivity index (χ0v) is 13.4. The Morgan fingerprint density at radius 3 is 2.25 bits per heavy atom. The Labute approximate surface area is 122 Å². The molecule has 0 radical (unpaired) electrons. The molecule has 1 saturated carbocycles. The van der Waals surface area contributed by atoms with Crippen LogP contribution >= 0.6 is 0 Å². The average molecular weight is 283 g/mol. The standard InChI is InChI=1S/C16H29NO3/c1-5-17(13-10-8-7-9-11-13)12-14(18)16(3,4)15(19)20-6-2/h13H,5-12H2,1-4H3. The molecule has 0 aromatic rings. The van der Waals surface area contributed by atoms with Gasteiger partial charge in [-0.05, 0) is 40.2 Å². The Hall–Kier alpha value is -0.900. The molecule has 4 heteroatoms. The highest BCUT2D eigenvalue weighted by molar-refractivity contribution is 6.03. The van der Waals surface area contributed by atoms with Gasteiger partial charge in [0.15, 0.2) is 5.78 Å². The van der Waals surface area contributed by atoms with Gasteiger partial charge in [0.1, 0.15) is 5.41 Å². The van der Waals surface area contributed by atoms with Crippen LogP contribution in [0.2, 0.25) is 0 Å². The van der Waals surface area contributed by atoms with Crippen molar-refractivity contribution in [1.82, 2.24) is 4.90 Å². The molecule has 116 valence electrons. The van der Waals surface area contributed by atoms with E-state index in [0.717, 1.165) is 6.54 Å². The summed E-state index contributed by atoms with van der Waals surface area (Å²) in [6.07, 6.45) is 6.13. The van der Waals surface area contributed by atoms with Crippen LogP contribution in [0.4, 0.5) is 0 Å². The SMILES string of the molecule is CCOC(=O)C(C)(C)C(=O)CN(CC)C1CCCCC1. The molecule has 0 bridgehead atoms. The Kier molecular flexibility index (Phi) is 6.66. The lowest BCUT2D eigenvalue weighted by Crippen LogP contribution is -2.46. The highest BCUT2D eigenvalue weighted by Gasteiger charge is 2.38. The quantitative estimate of drug-likeness (QED) is 0.532. The van der Waals surface area contributed by atoms with Gasteiger partial charge in [-0.2, -0.15) is 0 Å². The van der Waals surface area contributed by atoms with Gasteiger partial charge in [-0.1, -0.05) is 26.2 Å². The fourth-order valence-electron chi connectivity index (χ4n) is 2.75. The summed E-state index contributed by atoms with van der Waals surface area (Å²) < 4.78 is 5.01. The minimum atomic E-state index is -1.04. The zero-order chi connectivity index (χ0) is 15.2. The van der Waals surface area contributed by atoms with Gasteiger partial charge in [0, 0.05) is 6.04 Å². The summed E-state index contributed by atoms with van der Waals surface area (Å²) in [5.41, 5.74) is -1.04. The van der Waals surface area contributed by atoms with Gasteiger partial charge >= 0.3 is 5.97 Å². The maximum atomic E-state index is 12.5. The van der Waals surface area contributed by atoms with Crippen LogP contribution in [0.15, 0.2) is 0 Å². The first kappa shape index (κ1) is 17.2. The second-order valence-electron chi connectivity index (χ2n) is 6.12. The number of Topliss-reactive ketones (excluding diaryl/α,β-unsaturated/α-hetero) is 1. The van der Waals surface area contributed by atoms with Crippen LogP contribution in [0.1, 0.15) is 59.8 Å². The Morgan fingerprint density at radius 2 is 1.75 bits per heavy atom. The van der Waals surface area contributed by atoms with Crippen LogP contribution in [0.5, 0.6) is 0 Å². The van der Waals surface area contributed by atoms with Crippen LogP contribution in [-0.2, 0) is 14.3 Å². The van der Waals surface area contributed by atoms with Crippen molar-refractivity contribution in [3.05, 3.63) is 0 Å². The molecule has 0 spiro atoms. The van der Waals surface area contributed by atoms with Crippen LogP contribution in [0, 0.1) is 5.41 Å². The molecule has 0 N–H and O–H groups in total. The number of rotatable bonds is 7. The van der Waals surface area contributed by atoms with E-state index >= 15 is 0 Å². The van der Waals surface area contributed by atoms with Crippen molar-refractivity contribution in [2.75, 3.05) is 19.7 Å². The van der Waals surface area contributed by atoms with E-state index in [1.807, 2.05) is 0 Å². The maximum Gasteiger partial charge on any atom is 0.319 e. The minimum Gasteiger partial charge on any atom is -0.465 e. The van der Waals surface area contributed by atoms with Crippen molar-refractivity contribution in [3.63, 3.8) is 0 Å². The molecule has 0 heterocycles. The summed E-state index contributed by atoms with van der Waals surface area (Å²) in [5.74, 6) is -0.451. The monoisotopic (exact) mass is 283 g/mol. The summed E-state index contributed by atoms with van der Waals surface area (Å²) in [4.78, 5) is 26.6. The highest BCUT2D eigenvalue weighted by atomic mass is 16.5. The van der Waals surface area contributed by atoms with Crippen LogP contribution < -0.4 is 0 Å². The molecule has 0 aliphatic heterocycles. The van der Waals surface area contributed by atoms with E-state index in [1.54, 1.807) is 20.8 Å². The van der Waals surface area contributed by atoms with Gasteiger partial charge in [0.2, 0.25) is 0 Å². The van der Waals surface area contributed by atoms with E-state index in [1.165, 1.54) is 32.1 Å². The average Bonchev–Trinajstić information content (AvgIpc) is 2.45. The first-order valence-corrected chi connectivity index (χ1v) is 7.88. The van der Waals surface area contributed by atoms with E-state index in [9.17, 15) is 9.59 Å². The third kappa shape index (κ3) is 4.30. The Morgan fingerprint density at radius 1 is 1.15 bits per heavy atom. The van der Waals surface area contributed by atoms with E-state index in [2.05, 4.69) is 11.8 Å². The van der Waals surface area contributed by atoms with E-state index < -0.39 is 11.4 Å². The predicted octanol–water partition coefficient (Wildman–Crippen LogP) is 2.80. The number of hydrogen-bond donors (Lipinski definition) is 0. The fourth-order valence-corrected chi connectivity index (χ4v) is 2.75. The van der Waals surface area contributed by atoms with Gasteiger partial charge in [0.25, 0.3) is 0 Å². The molecule has 1 aliphatic rings. The largest absolute Gasteiger partial charge is 0.465 e. The fraction of sp³-hybridized carbons (Fsp3) is 0.875. The molecule has 0 saturated heterocycles. The van der Waals surface area contributed by atoms with Crippen LogP contribution in [0.3, 0.4) is 0 Å². The number of carbonyl (C=O) groups excluding carboxylic acids is 2. The maximum absolute atomic E-state index is 12.5. The third-order valence-corrected chi connectivity index (χ3v) is 4.33. The number of nitrogens with zero attached hydrogens (tertiary/aromatic N) is 1. The second kappa shape index (κ2) is 7.77. The molecule has 0 aromatic heterocycles. The smallest absolute Gasteiger partial charge is 0.319 e. The van der Waals surface area contributed by atoms with Crippen molar-refractivity contribution in [3.8, 4) is 0 Å².